The molecular weight excluding hydrogens is 647 g/mol. The van der Waals surface area contributed by atoms with Gasteiger partial charge in [0, 0.05) is 6.42 Å². The van der Waals surface area contributed by atoms with E-state index in [1.165, 1.54) is 103 Å². The Hall–Kier alpha value is -1.28. The van der Waals surface area contributed by atoms with E-state index in [0.29, 0.717) is 17.4 Å². The summed E-state index contributed by atoms with van der Waals surface area (Å²) in [7, 11) is 1.23. The van der Waals surface area contributed by atoms with Crippen molar-refractivity contribution in [1.29, 1.82) is 0 Å². The fraction of sp³-hybridized carbons (Fsp3) is 0.829. The normalized spacial score (nSPS) is 14.9. The van der Waals surface area contributed by atoms with E-state index in [1.807, 2.05) is 27.2 Å². The number of carbonyl (C=O) groups is 1. The van der Waals surface area contributed by atoms with Crippen molar-refractivity contribution in [3.05, 3.63) is 36.5 Å². The van der Waals surface area contributed by atoms with Crippen LogP contribution in [0.2, 0.25) is 0 Å². The Morgan fingerprint density at radius 3 is 1.62 bits per heavy atom. The average Bonchev–Trinajstić information content (AvgIpc) is 3.06. The summed E-state index contributed by atoms with van der Waals surface area (Å²) in [6.45, 7) is 4.58. The van der Waals surface area contributed by atoms with Gasteiger partial charge in [-0.15, -0.1) is 0 Å². The second-order valence-corrected chi connectivity index (χ2v) is 16.4. The van der Waals surface area contributed by atoms with Crippen LogP contribution in [0.3, 0.4) is 0 Å². The van der Waals surface area contributed by atoms with Gasteiger partial charge in [-0.3, -0.25) is 9.36 Å². The van der Waals surface area contributed by atoms with Gasteiger partial charge in [0.2, 0.25) is 5.91 Å². The Bertz CT molecular complexity index is 917. The van der Waals surface area contributed by atoms with Crippen molar-refractivity contribution in [2.75, 3.05) is 40.9 Å². The molecule has 0 aromatic heterocycles. The van der Waals surface area contributed by atoms with Crippen LogP contribution < -0.4 is 10.2 Å². The number of aliphatic hydroxyl groups is 1. The van der Waals surface area contributed by atoms with Crippen molar-refractivity contribution in [2.24, 2.45) is 0 Å². The predicted octanol–water partition coefficient (Wildman–Crippen LogP) is 10.1. The van der Waals surface area contributed by atoms with E-state index in [0.717, 1.165) is 44.9 Å². The van der Waals surface area contributed by atoms with Crippen molar-refractivity contribution < 1.29 is 32.9 Å². The molecule has 1 amide bonds. The number of nitrogens with one attached hydrogen (secondary N) is 1. The van der Waals surface area contributed by atoms with Gasteiger partial charge in [0.05, 0.1) is 39.9 Å². The first-order valence-corrected chi connectivity index (χ1v) is 21.8. The molecule has 0 aliphatic heterocycles. The van der Waals surface area contributed by atoms with Crippen LogP contribution in [0.4, 0.5) is 0 Å². The second kappa shape index (κ2) is 33.5. The van der Waals surface area contributed by atoms with Gasteiger partial charge in [-0.25, -0.2) is 0 Å². The summed E-state index contributed by atoms with van der Waals surface area (Å²) in [5, 5.41) is 13.7. The summed E-state index contributed by atoms with van der Waals surface area (Å²) < 4.78 is 23.1. The average molecular weight is 727 g/mol. The molecule has 0 heterocycles. The molecule has 0 spiro atoms. The number of rotatable bonds is 36. The van der Waals surface area contributed by atoms with Crippen LogP contribution in [0.5, 0.6) is 0 Å². The summed E-state index contributed by atoms with van der Waals surface area (Å²) in [4.78, 5) is 25.2. The summed E-state index contributed by atoms with van der Waals surface area (Å²) >= 11 is 0. The van der Waals surface area contributed by atoms with Gasteiger partial charge in [-0.2, -0.15) is 0 Å². The van der Waals surface area contributed by atoms with Crippen molar-refractivity contribution in [1.82, 2.24) is 5.32 Å². The molecule has 0 radical (unpaired) electrons. The Morgan fingerprint density at radius 1 is 0.680 bits per heavy atom. The van der Waals surface area contributed by atoms with Gasteiger partial charge < -0.3 is 28.8 Å². The molecule has 0 aromatic carbocycles. The molecule has 0 rings (SSSR count). The topological polar surface area (TPSA) is 108 Å². The highest BCUT2D eigenvalue weighted by atomic mass is 31.2. The number of carbonyl (C=O) groups excluding carboxylic acids is 1. The van der Waals surface area contributed by atoms with Crippen LogP contribution in [0, 0.1) is 0 Å². The second-order valence-electron chi connectivity index (χ2n) is 15.0. The summed E-state index contributed by atoms with van der Waals surface area (Å²) in [6.07, 6.45) is 39.0. The molecule has 3 unspecified atom stereocenters. The van der Waals surface area contributed by atoms with E-state index >= 15 is 0 Å². The first kappa shape index (κ1) is 48.7. The molecule has 0 saturated carbocycles. The van der Waals surface area contributed by atoms with Crippen LogP contribution >= 0.6 is 7.82 Å². The van der Waals surface area contributed by atoms with Crippen molar-refractivity contribution in [3.63, 3.8) is 0 Å². The molecule has 50 heavy (non-hydrogen) atoms. The molecule has 0 bridgehead atoms. The lowest BCUT2D eigenvalue weighted by molar-refractivity contribution is -0.870. The molecule has 0 aliphatic rings. The maximum atomic E-state index is 12.8. The fourth-order valence-corrected chi connectivity index (χ4v) is 6.26. The number of phosphoric acid groups is 1. The van der Waals surface area contributed by atoms with E-state index in [9.17, 15) is 19.4 Å². The van der Waals surface area contributed by atoms with Gasteiger partial charge in [-0.05, 0) is 44.9 Å². The Morgan fingerprint density at radius 2 is 1.12 bits per heavy atom. The number of likely N-dealkylation sites (N-methyl/N-ethyl adjacent to an activating group) is 1. The van der Waals surface area contributed by atoms with E-state index in [1.54, 1.807) is 6.08 Å². The first-order valence-electron chi connectivity index (χ1n) is 20.4. The predicted molar refractivity (Wildman–Crippen MR) is 210 cm³/mol. The number of allylic oxidation sites excluding steroid dienone is 5. The molecule has 3 atom stereocenters. The molecule has 0 fully saturated rings. The van der Waals surface area contributed by atoms with E-state index in [-0.39, 0.29) is 12.5 Å². The lowest BCUT2D eigenvalue weighted by Gasteiger charge is -2.29. The van der Waals surface area contributed by atoms with Gasteiger partial charge in [0.1, 0.15) is 13.2 Å². The summed E-state index contributed by atoms with van der Waals surface area (Å²) in [5.74, 6) is -0.213. The molecule has 8 nitrogen and oxygen atoms in total. The van der Waals surface area contributed by atoms with Crippen molar-refractivity contribution in [3.8, 4) is 0 Å². The van der Waals surface area contributed by atoms with E-state index < -0.39 is 26.6 Å². The highest BCUT2D eigenvalue weighted by Crippen LogP contribution is 2.38. The fourth-order valence-electron chi connectivity index (χ4n) is 5.54. The summed E-state index contributed by atoms with van der Waals surface area (Å²) in [5.41, 5.74) is 0. The highest BCUT2D eigenvalue weighted by molar-refractivity contribution is 7.45. The number of aliphatic hydroxyl groups excluding tert-OH is 1. The van der Waals surface area contributed by atoms with Gasteiger partial charge in [-0.1, -0.05) is 153 Å². The molecule has 0 saturated heterocycles. The smallest absolute Gasteiger partial charge is 0.268 e. The largest absolute Gasteiger partial charge is 0.756 e. The molecule has 294 valence electrons. The van der Waals surface area contributed by atoms with Crippen LogP contribution in [0.25, 0.3) is 0 Å². The number of hydrogen-bond donors (Lipinski definition) is 2. The SMILES string of the molecule is CCCCCC/C=C/CC/C=C/CC/C=C/C(O)C(COP(=O)([O-])OCC[N+](C)(C)C)NC(=O)CCCCCCCCCCCCCCCC. The van der Waals surface area contributed by atoms with Crippen LogP contribution in [0.15, 0.2) is 36.5 Å². The monoisotopic (exact) mass is 727 g/mol. The zero-order valence-electron chi connectivity index (χ0n) is 33.1. The number of unbranched alkanes of at least 4 members (excludes halogenated alkanes) is 19. The molecular formula is C41H79N2O6P. The molecule has 0 aliphatic carbocycles. The molecule has 9 heteroatoms. The number of quaternary nitrogens is 1. The maximum absolute atomic E-state index is 12.8. The minimum Gasteiger partial charge on any atom is -0.756 e. The first-order chi connectivity index (χ1) is 24.0. The number of nitrogens with zero attached hydrogens (tertiary/aromatic N) is 1. The van der Waals surface area contributed by atoms with Crippen LogP contribution in [-0.4, -0.2) is 68.5 Å². The summed E-state index contributed by atoms with van der Waals surface area (Å²) in [6, 6.07) is -0.904. The highest BCUT2D eigenvalue weighted by Gasteiger charge is 2.23. The lowest BCUT2D eigenvalue weighted by atomic mass is 10.0. The van der Waals surface area contributed by atoms with Crippen LogP contribution in [-0.2, 0) is 18.4 Å². The zero-order valence-corrected chi connectivity index (χ0v) is 34.0. The standard InChI is InChI=1S/C41H79N2O6P/c1-6-8-10-12-14-16-18-20-22-24-26-28-30-32-34-40(44)39(38-49-50(46,47)48-37-36-43(3,4)5)42-41(45)35-33-31-29-27-25-23-21-19-17-15-13-11-9-7-2/h16,18,24,26,32,34,39-40,44H,6-15,17,19-23,25,27-31,33,35-38H2,1-5H3,(H-,42,45,46,47)/b18-16+,26-24+,34-32+. The van der Waals surface area contributed by atoms with Gasteiger partial charge >= 0.3 is 0 Å². The number of amides is 1. The minimum atomic E-state index is -4.59. The van der Waals surface area contributed by atoms with Crippen molar-refractivity contribution in [2.45, 2.75) is 180 Å². The van der Waals surface area contributed by atoms with E-state index in [4.69, 9.17) is 9.05 Å². The lowest BCUT2D eigenvalue weighted by Crippen LogP contribution is -2.45. The maximum Gasteiger partial charge on any atom is 0.268 e. The van der Waals surface area contributed by atoms with Gasteiger partial charge in [0.15, 0.2) is 0 Å². The quantitative estimate of drug-likeness (QED) is 0.0288. The third-order valence-electron chi connectivity index (χ3n) is 8.83. The Labute approximate surface area is 308 Å². The Kier molecular flexibility index (Phi) is 32.7. The van der Waals surface area contributed by atoms with Crippen LogP contribution in [0.1, 0.15) is 168 Å². The van der Waals surface area contributed by atoms with Gasteiger partial charge in [0.25, 0.3) is 7.82 Å². The number of phosphoric ester groups is 1. The Balaban J connectivity index is 4.57. The van der Waals surface area contributed by atoms with Crippen molar-refractivity contribution >= 4 is 13.7 Å². The third kappa shape index (κ3) is 35.1. The number of hydrogen-bond acceptors (Lipinski definition) is 6. The van der Waals surface area contributed by atoms with E-state index in [2.05, 4.69) is 43.5 Å². The zero-order chi connectivity index (χ0) is 37.2. The molecule has 2 N–H and O–H groups in total. The minimum absolute atomic E-state index is 0.00820. The molecule has 0 aromatic rings. The third-order valence-corrected chi connectivity index (χ3v) is 9.79.